The molecule has 2 aromatic rings. The Kier molecular flexibility index (Phi) is 7.32. The molecule has 1 saturated heterocycles. The van der Waals surface area contributed by atoms with E-state index in [1.807, 2.05) is 0 Å². The summed E-state index contributed by atoms with van der Waals surface area (Å²) < 4.78 is 40.8. The number of carbonyl (C=O) groups excluding carboxylic acids is 2. The third kappa shape index (κ3) is 4.92. The molecule has 1 aliphatic rings. The Labute approximate surface area is 196 Å². The van der Waals surface area contributed by atoms with Crippen molar-refractivity contribution in [3.8, 4) is 0 Å². The van der Waals surface area contributed by atoms with Gasteiger partial charge in [-0.15, -0.1) is 0 Å². The lowest BCUT2D eigenvalue weighted by Crippen LogP contribution is -2.31. The maximum Gasteiger partial charge on any atom is 0.306 e. The van der Waals surface area contributed by atoms with E-state index in [1.54, 1.807) is 32.9 Å². The molecule has 0 aromatic heterocycles. The minimum absolute atomic E-state index is 0.0517. The van der Waals surface area contributed by atoms with Crippen LogP contribution in [-0.4, -0.2) is 49.1 Å². The number of benzene rings is 2. The topological polar surface area (TPSA) is 130 Å². The van der Waals surface area contributed by atoms with E-state index in [0.29, 0.717) is 18.7 Å². The zero-order valence-corrected chi connectivity index (χ0v) is 19.8. The van der Waals surface area contributed by atoms with Crippen LogP contribution in [0.4, 0.5) is 21.5 Å². The number of nitro groups is 1. The van der Waals surface area contributed by atoms with Crippen LogP contribution < -0.4 is 10.2 Å². The maximum absolute atomic E-state index is 13.6. The largest absolute Gasteiger partial charge is 0.326 e. The standard InChI is InChI=1S/C22H25FN4O6S/c1-4-25(5-2)34(32,33)20-11-16(7-6-14(20)3)24-22(29)15-10-21(28)26(13-15)17-8-9-18(23)19(12-17)27(30)31/h6-9,11-12,15H,4-5,10,13H2,1-3H3,(H,24,29). The Morgan fingerprint density at radius 2 is 1.91 bits per heavy atom. The minimum atomic E-state index is -3.74. The van der Waals surface area contributed by atoms with Crippen LogP contribution in [0.2, 0.25) is 0 Å². The summed E-state index contributed by atoms with van der Waals surface area (Å²) in [5.74, 6) is -2.73. The van der Waals surface area contributed by atoms with Crippen LogP contribution in [-0.2, 0) is 19.6 Å². The Balaban J connectivity index is 1.79. The first-order valence-electron chi connectivity index (χ1n) is 10.7. The van der Waals surface area contributed by atoms with E-state index in [1.165, 1.54) is 21.3 Å². The number of hydrogen-bond acceptors (Lipinski definition) is 6. The van der Waals surface area contributed by atoms with Crippen molar-refractivity contribution in [3.63, 3.8) is 0 Å². The number of hydrogen-bond donors (Lipinski definition) is 1. The number of carbonyl (C=O) groups is 2. The van der Waals surface area contributed by atoms with E-state index in [4.69, 9.17) is 0 Å². The highest BCUT2D eigenvalue weighted by Gasteiger charge is 2.36. The van der Waals surface area contributed by atoms with Crippen molar-refractivity contribution in [1.29, 1.82) is 0 Å². The molecule has 10 nitrogen and oxygen atoms in total. The molecular weight excluding hydrogens is 467 g/mol. The van der Waals surface area contributed by atoms with E-state index in [2.05, 4.69) is 5.32 Å². The Hall–Kier alpha value is -3.38. The molecule has 0 radical (unpaired) electrons. The first-order chi connectivity index (χ1) is 16.0. The summed E-state index contributed by atoms with van der Waals surface area (Å²) in [4.78, 5) is 36.7. The fraction of sp³-hybridized carbons (Fsp3) is 0.364. The average molecular weight is 493 g/mol. The normalized spacial score (nSPS) is 16.2. The lowest BCUT2D eigenvalue weighted by atomic mass is 10.1. The van der Waals surface area contributed by atoms with Gasteiger partial charge in [0.2, 0.25) is 27.7 Å². The number of nitrogens with zero attached hydrogens (tertiary/aromatic N) is 3. The molecule has 1 N–H and O–H groups in total. The number of halogens is 1. The molecule has 1 unspecified atom stereocenters. The number of nitrogens with one attached hydrogen (secondary N) is 1. The van der Waals surface area contributed by atoms with Crippen LogP contribution in [0.1, 0.15) is 25.8 Å². The Morgan fingerprint density at radius 3 is 2.53 bits per heavy atom. The maximum atomic E-state index is 13.6. The van der Waals surface area contributed by atoms with Gasteiger partial charge in [-0.05, 0) is 36.8 Å². The molecule has 3 rings (SSSR count). The van der Waals surface area contributed by atoms with Gasteiger partial charge < -0.3 is 10.2 Å². The molecule has 0 aliphatic carbocycles. The summed E-state index contributed by atoms with van der Waals surface area (Å²) in [7, 11) is -3.74. The lowest BCUT2D eigenvalue weighted by Gasteiger charge is -2.20. The summed E-state index contributed by atoms with van der Waals surface area (Å²) in [5, 5.41) is 13.7. The zero-order valence-electron chi connectivity index (χ0n) is 18.9. The van der Waals surface area contributed by atoms with Crippen molar-refractivity contribution < 1.29 is 27.3 Å². The second-order valence-corrected chi connectivity index (χ2v) is 9.76. The van der Waals surface area contributed by atoms with Gasteiger partial charge in [0.05, 0.1) is 21.4 Å². The quantitative estimate of drug-likeness (QED) is 0.445. The van der Waals surface area contributed by atoms with Gasteiger partial charge in [-0.1, -0.05) is 19.9 Å². The summed E-state index contributed by atoms with van der Waals surface area (Å²) in [5.41, 5.74) is 0.158. The molecule has 12 heteroatoms. The summed E-state index contributed by atoms with van der Waals surface area (Å²) in [6.07, 6.45) is -0.145. The molecule has 1 heterocycles. The molecule has 0 saturated carbocycles. The summed E-state index contributed by atoms with van der Waals surface area (Å²) in [6.45, 7) is 5.69. The van der Waals surface area contributed by atoms with E-state index >= 15 is 0 Å². The molecule has 0 bridgehead atoms. The average Bonchev–Trinajstić information content (AvgIpc) is 3.17. The monoisotopic (exact) mass is 492 g/mol. The smallest absolute Gasteiger partial charge is 0.306 e. The second kappa shape index (κ2) is 9.85. The van der Waals surface area contributed by atoms with Crippen molar-refractivity contribution >= 4 is 38.9 Å². The van der Waals surface area contributed by atoms with Crippen LogP contribution in [0.3, 0.4) is 0 Å². The number of amides is 2. The van der Waals surface area contributed by atoms with Crippen molar-refractivity contribution in [2.24, 2.45) is 5.92 Å². The van der Waals surface area contributed by atoms with Crippen molar-refractivity contribution in [2.75, 3.05) is 29.9 Å². The van der Waals surface area contributed by atoms with Crippen LogP contribution in [0.15, 0.2) is 41.3 Å². The highest BCUT2D eigenvalue weighted by atomic mass is 32.2. The predicted molar refractivity (Wildman–Crippen MR) is 123 cm³/mol. The van der Waals surface area contributed by atoms with Crippen LogP contribution >= 0.6 is 0 Å². The Morgan fingerprint density at radius 1 is 1.24 bits per heavy atom. The fourth-order valence-corrected chi connectivity index (χ4v) is 5.55. The number of aryl methyl sites for hydroxylation is 1. The van der Waals surface area contributed by atoms with Crippen molar-refractivity contribution in [1.82, 2.24) is 4.31 Å². The van der Waals surface area contributed by atoms with E-state index in [9.17, 15) is 32.5 Å². The van der Waals surface area contributed by atoms with Crippen molar-refractivity contribution in [2.45, 2.75) is 32.1 Å². The van der Waals surface area contributed by atoms with Crippen LogP contribution in [0, 0.1) is 28.8 Å². The molecule has 34 heavy (non-hydrogen) atoms. The molecule has 1 atom stereocenters. The molecule has 2 amide bonds. The molecule has 0 spiro atoms. The SMILES string of the molecule is CCN(CC)S(=O)(=O)c1cc(NC(=O)C2CC(=O)N(c3ccc(F)c([N+](=O)[O-])c3)C2)ccc1C. The summed E-state index contributed by atoms with van der Waals surface area (Å²) in [6, 6.07) is 7.65. The number of anilines is 2. The van der Waals surface area contributed by atoms with E-state index in [0.717, 1.165) is 12.1 Å². The van der Waals surface area contributed by atoms with Crippen LogP contribution in [0.25, 0.3) is 0 Å². The molecule has 2 aromatic carbocycles. The van der Waals surface area contributed by atoms with Gasteiger partial charge in [-0.3, -0.25) is 19.7 Å². The highest BCUT2D eigenvalue weighted by Crippen LogP contribution is 2.30. The number of rotatable bonds is 8. The Bertz CT molecular complexity index is 1250. The molecule has 1 aliphatic heterocycles. The number of sulfonamides is 1. The first kappa shape index (κ1) is 25.2. The van der Waals surface area contributed by atoms with Gasteiger partial charge >= 0.3 is 5.69 Å². The zero-order chi connectivity index (χ0) is 25.2. The van der Waals surface area contributed by atoms with Gasteiger partial charge in [0.25, 0.3) is 0 Å². The first-order valence-corrected chi connectivity index (χ1v) is 12.1. The van der Waals surface area contributed by atoms with Gasteiger partial charge in [0.15, 0.2) is 0 Å². The van der Waals surface area contributed by atoms with Gasteiger partial charge in [0, 0.05) is 37.8 Å². The van der Waals surface area contributed by atoms with Gasteiger partial charge in [-0.25, -0.2) is 8.42 Å². The lowest BCUT2D eigenvalue weighted by molar-refractivity contribution is -0.387. The molecule has 182 valence electrons. The van der Waals surface area contributed by atoms with E-state index in [-0.39, 0.29) is 29.2 Å². The van der Waals surface area contributed by atoms with Gasteiger partial charge in [-0.2, -0.15) is 8.70 Å². The van der Waals surface area contributed by atoms with Crippen molar-refractivity contribution in [3.05, 3.63) is 57.9 Å². The van der Waals surface area contributed by atoms with E-state index < -0.39 is 44.2 Å². The second-order valence-electron chi connectivity index (χ2n) is 7.86. The fourth-order valence-electron chi connectivity index (χ4n) is 3.84. The molecule has 1 fully saturated rings. The minimum Gasteiger partial charge on any atom is -0.326 e. The summed E-state index contributed by atoms with van der Waals surface area (Å²) >= 11 is 0. The number of nitro benzene ring substituents is 1. The van der Waals surface area contributed by atoms with Gasteiger partial charge in [0.1, 0.15) is 0 Å². The predicted octanol–water partition coefficient (Wildman–Crippen LogP) is 3.06. The van der Waals surface area contributed by atoms with Crippen LogP contribution in [0.5, 0.6) is 0 Å². The third-order valence-electron chi connectivity index (χ3n) is 5.71. The third-order valence-corrected chi connectivity index (χ3v) is 7.90. The molecular formula is C22H25FN4O6S. The highest BCUT2D eigenvalue weighted by molar-refractivity contribution is 7.89.